The normalized spacial score (nSPS) is 17.1. The summed E-state index contributed by atoms with van der Waals surface area (Å²) in [5.74, 6) is -1.22. The van der Waals surface area contributed by atoms with Crippen molar-refractivity contribution in [2.45, 2.75) is 0 Å². The Morgan fingerprint density at radius 1 is 1.35 bits per heavy atom. The van der Waals surface area contributed by atoms with E-state index in [0.29, 0.717) is 18.0 Å². The molecule has 0 aliphatic carbocycles. The summed E-state index contributed by atoms with van der Waals surface area (Å²) in [5, 5.41) is 8.74. The van der Waals surface area contributed by atoms with Gasteiger partial charge in [-0.25, -0.2) is 4.79 Å². The Hall–Kier alpha value is -1.47. The maximum Gasteiger partial charge on any atom is 0.355 e. The molecule has 17 heavy (non-hydrogen) atoms. The van der Waals surface area contributed by atoms with Crippen LogP contribution in [0.2, 0.25) is 0 Å². The number of carboxylic acid groups (broad SMARTS) is 1. The van der Waals surface area contributed by atoms with Gasteiger partial charge < -0.3 is 14.9 Å². The standard InChI is InChI=1S/C10H13N3O3S/c1-12-2-4-13(5-3-12)9(14)8-6-7(10(15)16)11-17-8/h6H,2-5H2,1H3,(H,15,16). The molecule has 2 heterocycles. The van der Waals surface area contributed by atoms with E-state index < -0.39 is 5.97 Å². The maximum atomic E-state index is 12.0. The summed E-state index contributed by atoms with van der Waals surface area (Å²) in [7, 11) is 2.01. The molecule has 0 spiro atoms. The monoisotopic (exact) mass is 255 g/mol. The number of rotatable bonds is 2. The number of piperazine rings is 1. The lowest BCUT2D eigenvalue weighted by Gasteiger charge is -2.31. The van der Waals surface area contributed by atoms with E-state index in [2.05, 4.69) is 9.27 Å². The van der Waals surface area contributed by atoms with Crippen LogP contribution in [0.4, 0.5) is 0 Å². The van der Waals surface area contributed by atoms with Crippen molar-refractivity contribution in [2.75, 3.05) is 33.2 Å². The molecular weight excluding hydrogens is 242 g/mol. The zero-order valence-corrected chi connectivity index (χ0v) is 10.2. The minimum absolute atomic E-state index is 0.0625. The molecule has 1 saturated heterocycles. The molecule has 1 aromatic rings. The summed E-state index contributed by atoms with van der Waals surface area (Å²) in [6.07, 6.45) is 0. The molecular formula is C10H13N3O3S. The zero-order chi connectivity index (χ0) is 12.4. The van der Waals surface area contributed by atoms with Crippen molar-refractivity contribution in [1.82, 2.24) is 14.2 Å². The molecule has 1 aliphatic heterocycles. The lowest BCUT2D eigenvalue weighted by molar-refractivity contribution is 0.0669. The third-order valence-electron chi connectivity index (χ3n) is 2.73. The Balaban J connectivity index is 2.06. The summed E-state index contributed by atoms with van der Waals surface area (Å²) in [6.45, 7) is 3.04. The van der Waals surface area contributed by atoms with E-state index in [0.717, 1.165) is 24.6 Å². The number of aromatic nitrogens is 1. The van der Waals surface area contributed by atoms with Crippen LogP contribution in [-0.2, 0) is 0 Å². The van der Waals surface area contributed by atoms with E-state index in [1.54, 1.807) is 4.90 Å². The third-order valence-corrected chi connectivity index (χ3v) is 3.51. The largest absolute Gasteiger partial charge is 0.476 e. The summed E-state index contributed by atoms with van der Waals surface area (Å²) >= 11 is 0.945. The number of hydrogen-bond acceptors (Lipinski definition) is 5. The lowest BCUT2D eigenvalue weighted by Crippen LogP contribution is -2.46. The molecule has 1 aliphatic rings. The van der Waals surface area contributed by atoms with Gasteiger partial charge in [-0.2, -0.15) is 4.37 Å². The zero-order valence-electron chi connectivity index (χ0n) is 9.42. The second kappa shape index (κ2) is 4.80. The minimum atomic E-state index is -1.10. The van der Waals surface area contributed by atoms with E-state index >= 15 is 0 Å². The lowest BCUT2D eigenvalue weighted by atomic mass is 10.3. The molecule has 0 radical (unpaired) electrons. The minimum Gasteiger partial charge on any atom is -0.476 e. The average molecular weight is 255 g/mol. The molecule has 1 N–H and O–H groups in total. The molecule has 1 amide bonds. The van der Waals surface area contributed by atoms with Gasteiger partial charge >= 0.3 is 5.97 Å². The van der Waals surface area contributed by atoms with Crippen molar-refractivity contribution < 1.29 is 14.7 Å². The van der Waals surface area contributed by atoms with Gasteiger partial charge in [0.15, 0.2) is 5.69 Å². The van der Waals surface area contributed by atoms with Gasteiger partial charge in [0.1, 0.15) is 4.88 Å². The van der Waals surface area contributed by atoms with Crippen molar-refractivity contribution >= 4 is 23.4 Å². The topological polar surface area (TPSA) is 73.7 Å². The number of amides is 1. The van der Waals surface area contributed by atoms with Crippen molar-refractivity contribution in [3.8, 4) is 0 Å². The fourth-order valence-corrected chi connectivity index (χ4v) is 2.34. The molecule has 0 aromatic carbocycles. The van der Waals surface area contributed by atoms with Gasteiger partial charge in [-0.15, -0.1) is 0 Å². The van der Waals surface area contributed by atoms with E-state index in [9.17, 15) is 9.59 Å². The van der Waals surface area contributed by atoms with Crippen LogP contribution in [0.5, 0.6) is 0 Å². The van der Waals surface area contributed by atoms with Gasteiger partial charge in [-0.1, -0.05) is 0 Å². The Morgan fingerprint density at radius 2 is 2.00 bits per heavy atom. The molecule has 0 bridgehead atoms. The fraction of sp³-hybridized carbons (Fsp3) is 0.500. The first-order valence-electron chi connectivity index (χ1n) is 5.26. The Labute approximate surface area is 103 Å². The van der Waals surface area contributed by atoms with Gasteiger partial charge in [0.25, 0.3) is 5.91 Å². The molecule has 7 heteroatoms. The quantitative estimate of drug-likeness (QED) is 0.819. The van der Waals surface area contributed by atoms with Crippen LogP contribution in [0.1, 0.15) is 20.2 Å². The number of carbonyl (C=O) groups is 2. The first kappa shape index (κ1) is 12.0. The Morgan fingerprint density at radius 3 is 2.53 bits per heavy atom. The molecule has 0 atom stereocenters. The number of aromatic carboxylic acids is 1. The summed E-state index contributed by atoms with van der Waals surface area (Å²) < 4.78 is 3.73. The van der Waals surface area contributed by atoms with Gasteiger partial charge in [0.2, 0.25) is 0 Å². The van der Waals surface area contributed by atoms with Crippen LogP contribution in [0.3, 0.4) is 0 Å². The molecule has 2 rings (SSSR count). The van der Waals surface area contributed by atoms with Gasteiger partial charge in [0.05, 0.1) is 0 Å². The van der Waals surface area contributed by atoms with E-state index in [4.69, 9.17) is 5.11 Å². The maximum absolute atomic E-state index is 12.0. The van der Waals surface area contributed by atoms with Crippen molar-refractivity contribution in [1.29, 1.82) is 0 Å². The summed E-state index contributed by atoms with van der Waals surface area (Å²) in [4.78, 5) is 27.0. The van der Waals surface area contributed by atoms with Crippen LogP contribution in [0, 0.1) is 0 Å². The van der Waals surface area contributed by atoms with Gasteiger partial charge in [-0.3, -0.25) is 4.79 Å². The van der Waals surface area contributed by atoms with Crippen LogP contribution in [-0.4, -0.2) is 64.4 Å². The second-order valence-corrected chi connectivity index (χ2v) is 4.78. The fourth-order valence-electron chi connectivity index (χ4n) is 1.64. The first-order chi connectivity index (χ1) is 8.08. The number of hydrogen-bond donors (Lipinski definition) is 1. The summed E-state index contributed by atoms with van der Waals surface area (Å²) in [5.41, 5.74) is -0.0625. The van der Waals surface area contributed by atoms with Crippen LogP contribution >= 0.6 is 11.5 Å². The van der Waals surface area contributed by atoms with Crippen molar-refractivity contribution in [3.63, 3.8) is 0 Å². The highest BCUT2D eigenvalue weighted by molar-refractivity contribution is 7.08. The predicted octanol–water partition coefficient (Wildman–Crippen LogP) is 0.229. The average Bonchev–Trinajstić information content (AvgIpc) is 2.78. The number of nitrogens with zero attached hydrogens (tertiary/aromatic N) is 3. The van der Waals surface area contributed by atoms with Gasteiger partial charge in [0, 0.05) is 26.2 Å². The van der Waals surface area contributed by atoms with E-state index in [-0.39, 0.29) is 11.6 Å². The number of carboxylic acids is 1. The second-order valence-electron chi connectivity index (χ2n) is 3.98. The highest BCUT2D eigenvalue weighted by Crippen LogP contribution is 2.14. The highest BCUT2D eigenvalue weighted by atomic mass is 32.1. The first-order valence-corrected chi connectivity index (χ1v) is 6.03. The third kappa shape index (κ3) is 2.62. The van der Waals surface area contributed by atoms with Crippen molar-refractivity contribution in [3.05, 3.63) is 16.6 Å². The van der Waals surface area contributed by atoms with E-state index in [1.807, 2.05) is 7.05 Å². The number of likely N-dealkylation sites (N-methyl/N-ethyl adjacent to an activating group) is 1. The molecule has 0 unspecified atom stereocenters. The molecule has 92 valence electrons. The molecule has 6 nitrogen and oxygen atoms in total. The highest BCUT2D eigenvalue weighted by Gasteiger charge is 2.23. The van der Waals surface area contributed by atoms with Gasteiger partial charge in [-0.05, 0) is 24.6 Å². The van der Waals surface area contributed by atoms with E-state index in [1.165, 1.54) is 6.07 Å². The van der Waals surface area contributed by atoms with Crippen molar-refractivity contribution in [2.24, 2.45) is 0 Å². The smallest absolute Gasteiger partial charge is 0.355 e. The molecule has 1 aromatic heterocycles. The SMILES string of the molecule is CN1CCN(C(=O)c2cc(C(=O)O)ns2)CC1. The summed E-state index contributed by atoms with van der Waals surface area (Å²) in [6, 6.07) is 1.34. The molecule has 0 saturated carbocycles. The van der Waals surface area contributed by atoms with Crippen LogP contribution in [0.15, 0.2) is 6.07 Å². The Bertz CT molecular complexity index is 438. The number of carbonyl (C=O) groups excluding carboxylic acids is 1. The molecule has 1 fully saturated rings. The Kier molecular flexibility index (Phi) is 3.39. The van der Waals surface area contributed by atoms with Crippen LogP contribution < -0.4 is 0 Å². The predicted molar refractivity (Wildman–Crippen MR) is 62.5 cm³/mol. The van der Waals surface area contributed by atoms with Crippen LogP contribution in [0.25, 0.3) is 0 Å².